The number of H-pyrrole nitrogens is 1. The molecule has 0 atom stereocenters. The number of fused-ring (bicyclic) bond motifs is 7. The number of aromatic nitrogens is 3. The second-order valence-corrected chi connectivity index (χ2v) is 14.2. The Balaban J connectivity index is 1.09. The molecule has 0 fully saturated rings. The molecule has 0 spiro atoms. The Labute approximate surface area is 313 Å². The molecule has 3 heterocycles. The Morgan fingerprint density at radius 2 is 1.18 bits per heavy atom. The highest BCUT2D eigenvalue weighted by Crippen LogP contribution is 2.49. The second kappa shape index (κ2) is 11.2. The maximum absolute atomic E-state index is 9.58. The molecular formula is C49H29N5O. The fourth-order valence-electron chi connectivity index (χ4n) is 8.97. The van der Waals surface area contributed by atoms with Gasteiger partial charge in [0.15, 0.2) is 5.84 Å². The van der Waals surface area contributed by atoms with E-state index in [-0.39, 0.29) is 5.84 Å². The van der Waals surface area contributed by atoms with Crippen LogP contribution in [0.1, 0.15) is 5.56 Å². The minimum absolute atomic E-state index is 0.109. The summed E-state index contributed by atoms with van der Waals surface area (Å²) in [6, 6.07) is 56.8. The van der Waals surface area contributed by atoms with Crippen molar-refractivity contribution in [1.82, 2.24) is 14.5 Å². The molecule has 1 aliphatic carbocycles. The zero-order chi connectivity index (χ0) is 36.2. The largest absolute Gasteiger partial charge is 0.456 e. The van der Waals surface area contributed by atoms with Gasteiger partial charge in [-0.3, -0.25) is 5.41 Å². The van der Waals surface area contributed by atoms with Crippen LogP contribution in [0.2, 0.25) is 0 Å². The molecular weight excluding hydrogens is 675 g/mol. The first-order valence-electron chi connectivity index (χ1n) is 18.4. The number of para-hydroxylation sites is 3. The Kier molecular flexibility index (Phi) is 6.11. The molecule has 0 unspecified atom stereocenters. The topological polar surface area (TPSA) is 83.0 Å². The van der Waals surface area contributed by atoms with Gasteiger partial charge in [-0.1, -0.05) is 121 Å². The molecule has 6 heteroatoms. The lowest BCUT2D eigenvalue weighted by Crippen LogP contribution is -2.17. The van der Waals surface area contributed by atoms with Gasteiger partial charge in [-0.25, -0.2) is 4.98 Å². The molecule has 0 amide bonds. The van der Waals surface area contributed by atoms with Crippen molar-refractivity contribution in [1.29, 1.82) is 5.41 Å². The third-order valence-corrected chi connectivity index (χ3v) is 11.2. The van der Waals surface area contributed by atoms with Crippen LogP contribution in [0.4, 0.5) is 0 Å². The van der Waals surface area contributed by atoms with E-state index < -0.39 is 0 Å². The quantitative estimate of drug-likeness (QED) is 0.142. The third kappa shape index (κ3) is 4.22. The van der Waals surface area contributed by atoms with E-state index in [2.05, 4.69) is 107 Å². The second-order valence-electron chi connectivity index (χ2n) is 14.2. The van der Waals surface area contributed by atoms with Gasteiger partial charge >= 0.3 is 0 Å². The summed E-state index contributed by atoms with van der Waals surface area (Å²) >= 11 is 0. The van der Waals surface area contributed by atoms with Crippen LogP contribution < -0.4 is 5.62 Å². The summed E-state index contributed by atoms with van der Waals surface area (Å²) in [7, 11) is 0. The number of nitrogens with one attached hydrogen (secondary N) is 2. The van der Waals surface area contributed by atoms with Crippen LogP contribution in [0.25, 0.3) is 105 Å². The average Bonchev–Trinajstić information content (AvgIpc) is 3.75. The van der Waals surface area contributed by atoms with Crippen molar-refractivity contribution in [2.75, 3.05) is 0 Å². The van der Waals surface area contributed by atoms with Gasteiger partial charge in [-0.15, -0.1) is 0 Å². The van der Waals surface area contributed by atoms with Gasteiger partial charge in [0.25, 0.3) is 0 Å². The number of aromatic amines is 1. The normalized spacial score (nSPS) is 12.5. The van der Waals surface area contributed by atoms with Gasteiger partial charge in [0, 0.05) is 38.1 Å². The number of hydrogen-bond acceptors (Lipinski definition) is 3. The van der Waals surface area contributed by atoms with Gasteiger partial charge in [-0.05, 0) is 75.5 Å². The van der Waals surface area contributed by atoms with Crippen LogP contribution in [-0.2, 0) is 0 Å². The molecule has 3 aromatic heterocycles. The zero-order valence-corrected chi connectivity index (χ0v) is 29.3. The van der Waals surface area contributed by atoms with E-state index in [1.165, 1.54) is 43.8 Å². The molecule has 0 saturated heterocycles. The first-order chi connectivity index (χ1) is 27.2. The summed E-state index contributed by atoms with van der Waals surface area (Å²) in [5.41, 5.74) is 13.3. The summed E-state index contributed by atoms with van der Waals surface area (Å²) in [6.07, 6.45) is 0. The van der Waals surface area contributed by atoms with Crippen LogP contribution in [0.5, 0.6) is 0 Å². The highest BCUT2D eigenvalue weighted by atomic mass is 16.3. The molecule has 8 aromatic carbocycles. The van der Waals surface area contributed by atoms with Crippen LogP contribution >= 0.6 is 0 Å². The highest BCUT2D eigenvalue weighted by Gasteiger charge is 2.25. The van der Waals surface area contributed by atoms with Gasteiger partial charge in [-0.2, -0.15) is 4.99 Å². The summed E-state index contributed by atoms with van der Waals surface area (Å²) in [5, 5.41) is 17.5. The number of rotatable bonds is 3. The predicted octanol–water partition coefficient (Wildman–Crippen LogP) is 12.0. The van der Waals surface area contributed by atoms with E-state index in [1.54, 1.807) is 0 Å². The van der Waals surface area contributed by atoms with Crippen molar-refractivity contribution in [3.05, 3.63) is 175 Å². The Bertz CT molecular complexity index is 3530. The molecule has 0 aliphatic heterocycles. The van der Waals surface area contributed by atoms with Crippen molar-refractivity contribution >= 4 is 71.3 Å². The van der Waals surface area contributed by atoms with Crippen molar-refractivity contribution in [3.63, 3.8) is 0 Å². The average molecular weight is 704 g/mol. The standard InChI is InChI=1S/C49H29N5O/c50-48(53-49-51-37-21-6-3-15-33(37)47(52-49)36-20-11-25-42-44(36)35-17-5-8-24-41(35)55-42)34-16-4-7-22-38(34)54-39-23-10-19-32-30-14-2-1-13-29(30)31-18-9-12-28-26-27-40(54)46(43(28)31)45(32)39/h1-27H,(H2,50,51,52,53). The molecule has 1 aliphatic rings. The maximum atomic E-state index is 9.58. The maximum Gasteiger partial charge on any atom is 0.229 e. The van der Waals surface area contributed by atoms with Crippen molar-refractivity contribution in [2.24, 2.45) is 4.99 Å². The minimum atomic E-state index is 0.109. The molecule has 0 bridgehead atoms. The van der Waals surface area contributed by atoms with Gasteiger partial charge in [0.1, 0.15) is 11.2 Å². The summed E-state index contributed by atoms with van der Waals surface area (Å²) in [6.45, 7) is 0. The fraction of sp³-hybridized carbons (Fsp3) is 0. The third-order valence-electron chi connectivity index (χ3n) is 11.2. The number of furan rings is 1. The lowest BCUT2D eigenvalue weighted by atomic mass is 9.93. The predicted molar refractivity (Wildman–Crippen MR) is 224 cm³/mol. The molecule has 11 aromatic rings. The van der Waals surface area contributed by atoms with Crippen LogP contribution in [0.15, 0.2) is 173 Å². The highest BCUT2D eigenvalue weighted by molar-refractivity contribution is 6.30. The van der Waals surface area contributed by atoms with E-state index in [0.717, 1.165) is 60.8 Å². The van der Waals surface area contributed by atoms with Crippen LogP contribution in [-0.4, -0.2) is 20.4 Å². The lowest BCUT2D eigenvalue weighted by molar-refractivity contribution is 0.669. The van der Waals surface area contributed by atoms with E-state index in [1.807, 2.05) is 66.7 Å². The van der Waals surface area contributed by atoms with E-state index in [4.69, 9.17) is 14.4 Å². The lowest BCUT2D eigenvalue weighted by Gasteiger charge is -2.15. The summed E-state index contributed by atoms with van der Waals surface area (Å²) in [5.74, 6) is 0.109. The number of hydrogen-bond donors (Lipinski definition) is 2. The molecule has 6 nitrogen and oxygen atoms in total. The number of benzene rings is 8. The van der Waals surface area contributed by atoms with Gasteiger partial charge < -0.3 is 14.0 Å². The Hall–Kier alpha value is -7.57. The van der Waals surface area contributed by atoms with Gasteiger partial charge in [0.05, 0.1) is 27.9 Å². The van der Waals surface area contributed by atoms with E-state index in [0.29, 0.717) is 11.2 Å². The Morgan fingerprint density at radius 1 is 0.527 bits per heavy atom. The smallest absolute Gasteiger partial charge is 0.229 e. The first kappa shape index (κ1) is 29.9. The van der Waals surface area contributed by atoms with Crippen LogP contribution in [0.3, 0.4) is 0 Å². The first-order valence-corrected chi connectivity index (χ1v) is 18.4. The molecule has 256 valence electrons. The summed E-state index contributed by atoms with van der Waals surface area (Å²) < 4.78 is 8.56. The molecule has 0 saturated carbocycles. The zero-order valence-electron chi connectivity index (χ0n) is 29.3. The number of nitrogens with zero attached hydrogens (tertiary/aromatic N) is 3. The molecule has 0 radical (unpaired) electrons. The molecule has 2 N–H and O–H groups in total. The van der Waals surface area contributed by atoms with Crippen LogP contribution in [0, 0.1) is 5.41 Å². The van der Waals surface area contributed by atoms with Crippen molar-refractivity contribution in [2.45, 2.75) is 0 Å². The van der Waals surface area contributed by atoms with E-state index in [9.17, 15) is 5.41 Å². The number of amidine groups is 1. The minimum Gasteiger partial charge on any atom is -0.456 e. The summed E-state index contributed by atoms with van der Waals surface area (Å²) in [4.78, 5) is 13.5. The monoisotopic (exact) mass is 703 g/mol. The Morgan fingerprint density at radius 3 is 2.07 bits per heavy atom. The van der Waals surface area contributed by atoms with Gasteiger partial charge in [0.2, 0.25) is 5.62 Å². The molecule has 55 heavy (non-hydrogen) atoms. The van der Waals surface area contributed by atoms with E-state index >= 15 is 0 Å². The molecule has 12 rings (SSSR count). The fourth-order valence-corrected chi connectivity index (χ4v) is 8.97. The van der Waals surface area contributed by atoms with Crippen molar-refractivity contribution in [3.8, 4) is 39.2 Å². The van der Waals surface area contributed by atoms with Crippen molar-refractivity contribution < 1.29 is 4.42 Å². The SMILES string of the molecule is N=C(N=c1nc(-c2cccc3oc4ccccc4c23)c2ccccc2[nH]1)c1ccccc1-n1c2cccc3c2c2c4c(cccc4ccc21)-c1ccccc1-3.